The zero-order chi connectivity index (χ0) is 9.47. The van der Waals surface area contributed by atoms with Crippen LogP contribution in [0.5, 0.6) is 0 Å². The van der Waals surface area contributed by atoms with Gasteiger partial charge in [0.25, 0.3) is 0 Å². The van der Waals surface area contributed by atoms with E-state index in [1.165, 1.54) is 0 Å². The molecule has 0 amide bonds. The highest BCUT2D eigenvalue weighted by Gasteiger charge is 2.35. The molecule has 0 aromatic heterocycles. The molecule has 76 valence electrons. The maximum atomic E-state index is 11.3. The lowest BCUT2D eigenvalue weighted by Crippen LogP contribution is -2.54. The van der Waals surface area contributed by atoms with Gasteiger partial charge in [-0.1, -0.05) is 0 Å². The summed E-state index contributed by atoms with van der Waals surface area (Å²) in [7, 11) is -0.843. The van der Waals surface area contributed by atoms with Crippen molar-refractivity contribution in [1.82, 2.24) is 9.62 Å². The maximum absolute atomic E-state index is 11.3. The van der Waals surface area contributed by atoms with Crippen LogP contribution >= 0.6 is 0 Å². The molecule has 2 aliphatic rings. The van der Waals surface area contributed by atoms with Gasteiger partial charge in [-0.3, -0.25) is 0 Å². The molecule has 2 rings (SSSR count). The van der Waals surface area contributed by atoms with Crippen molar-refractivity contribution < 1.29 is 8.42 Å². The first-order valence-corrected chi connectivity index (χ1v) is 6.40. The number of hydrogen-bond acceptors (Lipinski definition) is 3. The molecule has 0 spiro atoms. The monoisotopic (exact) mass is 204 g/mol. The Kier molecular flexibility index (Phi) is 2.33. The number of sulfonamides is 1. The van der Waals surface area contributed by atoms with Gasteiger partial charge in [0, 0.05) is 12.6 Å². The van der Waals surface area contributed by atoms with Gasteiger partial charge in [-0.2, -0.15) is 0 Å². The molecular formula is C8H16N2O2S. The van der Waals surface area contributed by atoms with Crippen LogP contribution in [-0.4, -0.2) is 45.2 Å². The van der Waals surface area contributed by atoms with E-state index in [0.29, 0.717) is 11.7 Å². The van der Waals surface area contributed by atoms with Gasteiger partial charge >= 0.3 is 0 Å². The van der Waals surface area contributed by atoms with E-state index in [-0.39, 0.29) is 6.04 Å². The third kappa shape index (κ3) is 2.03. The van der Waals surface area contributed by atoms with Gasteiger partial charge in [0.15, 0.2) is 0 Å². The highest BCUT2D eigenvalue weighted by molar-refractivity contribution is 7.89. The van der Waals surface area contributed by atoms with Gasteiger partial charge in [0.2, 0.25) is 10.0 Å². The number of fused-ring (bicyclic) bond motifs is 1. The van der Waals surface area contributed by atoms with Gasteiger partial charge in [0.1, 0.15) is 0 Å². The van der Waals surface area contributed by atoms with E-state index in [1.807, 2.05) is 0 Å². The molecule has 2 heterocycles. The lowest BCUT2D eigenvalue weighted by molar-refractivity contribution is 0.167. The molecule has 2 atom stereocenters. The summed E-state index contributed by atoms with van der Waals surface area (Å²) in [5.41, 5.74) is 0. The smallest absolute Gasteiger partial charge is 0.211 e. The van der Waals surface area contributed by atoms with Crippen molar-refractivity contribution in [3.05, 3.63) is 0 Å². The van der Waals surface area contributed by atoms with Crippen LogP contribution in [0, 0.1) is 5.92 Å². The summed E-state index contributed by atoms with van der Waals surface area (Å²) in [6.45, 7) is 2.04. The summed E-state index contributed by atoms with van der Waals surface area (Å²) in [4.78, 5) is 2.28. The Morgan fingerprint density at radius 3 is 2.92 bits per heavy atom. The zero-order valence-corrected chi connectivity index (χ0v) is 8.68. The fraction of sp³-hybridized carbons (Fsp3) is 1.00. The van der Waals surface area contributed by atoms with Gasteiger partial charge < -0.3 is 4.90 Å². The molecule has 0 aromatic rings. The number of piperidine rings is 1. The summed E-state index contributed by atoms with van der Waals surface area (Å²) in [6.07, 6.45) is 1.78. The van der Waals surface area contributed by atoms with Crippen molar-refractivity contribution in [3.8, 4) is 0 Å². The first kappa shape index (κ1) is 9.43. The van der Waals surface area contributed by atoms with E-state index in [1.54, 1.807) is 0 Å². The second-order valence-corrected chi connectivity index (χ2v) is 6.02. The van der Waals surface area contributed by atoms with Crippen molar-refractivity contribution in [2.45, 2.75) is 18.9 Å². The molecular weight excluding hydrogens is 188 g/mol. The summed E-state index contributed by atoms with van der Waals surface area (Å²) in [5, 5.41) is 0. The molecule has 0 bridgehead atoms. The minimum Gasteiger partial charge on any atom is -0.306 e. The first-order valence-electron chi connectivity index (χ1n) is 4.75. The van der Waals surface area contributed by atoms with Crippen molar-refractivity contribution in [2.24, 2.45) is 5.92 Å². The van der Waals surface area contributed by atoms with Crippen molar-refractivity contribution in [3.63, 3.8) is 0 Å². The zero-order valence-electron chi connectivity index (χ0n) is 7.86. The van der Waals surface area contributed by atoms with Crippen LogP contribution in [0.15, 0.2) is 0 Å². The molecule has 0 aromatic carbocycles. The Bertz CT molecular complexity index is 289. The molecule has 13 heavy (non-hydrogen) atoms. The minimum atomic E-state index is -2.94. The highest BCUT2D eigenvalue weighted by atomic mass is 32.2. The van der Waals surface area contributed by atoms with Crippen molar-refractivity contribution in [2.75, 3.05) is 25.9 Å². The van der Waals surface area contributed by atoms with Gasteiger partial charge in [-0.05, 0) is 32.4 Å². The van der Waals surface area contributed by atoms with Crippen LogP contribution in [0.4, 0.5) is 0 Å². The summed E-state index contributed by atoms with van der Waals surface area (Å²) < 4.78 is 25.3. The van der Waals surface area contributed by atoms with Crippen LogP contribution in [0.25, 0.3) is 0 Å². The number of likely N-dealkylation sites (tertiary alicyclic amines) is 1. The largest absolute Gasteiger partial charge is 0.306 e. The molecule has 0 saturated carbocycles. The topological polar surface area (TPSA) is 49.4 Å². The lowest BCUT2D eigenvalue weighted by Gasteiger charge is -2.39. The predicted octanol–water partition coefficient (Wildman–Crippen LogP) is -0.370. The van der Waals surface area contributed by atoms with Crippen molar-refractivity contribution in [1.29, 1.82) is 0 Å². The van der Waals surface area contributed by atoms with E-state index in [4.69, 9.17) is 0 Å². The van der Waals surface area contributed by atoms with E-state index < -0.39 is 10.0 Å². The molecule has 1 N–H and O–H groups in total. The number of hydrogen-bond donors (Lipinski definition) is 1. The normalized spacial score (nSPS) is 39.8. The van der Waals surface area contributed by atoms with E-state index in [9.17, 15) is 8.42 Å². The maximum Gasteiger partial charge on any atom is 0.211 e. The molecule has 4 nitrogen and oxygen atoms in total. The Hall–Kier alpha value is -0.130. The molecule has 0 aliphatic carbocycles. The van der Waals surface area contributed by atoms with Crippen LogP contribution in [0.1, 0.15) is 12.8 Å². The highest BCUT2D eigenvalue weighted by Crippen LogP contribution is 2.24. The third-order valence-electron chi connectivity index (χ3n) is 3.03. The molecule has 0 radical (unpaired) electrons. The number of nitrogens with one attached hydrogen (secondary N) is 1. The van der Waals surface area contributed by atoms with E-state index >= 15 is 0 Å². The van der Waals surface area contributed by atoms with Gasteiger partial charge in [-0.25, -0.2) is 13.1 Å². The summed E-state index contributed by atoms with van der Waals surface area (Å²) >= 11 is 0. The first-order chi connectivity index (χ1) is 6.07. The molecule has 2 aliphatic heterocycles. The second-order valence-electron chi connectivity index (χ2n) is 4.14. The van der Waals surface area contributed by atoms with Crippen LogP contribution in [-0.2, 0) is 10.0 Å². The van der Waals surface area contributed by atoms with E-state index in [0.717, 1.165) is 25.9 Å². The Labute approximate surface area is 79.4 Å². The van der Waals surface area contributed by atoms with Crippen LogP contribution < -0.4 is 4.72 Å². The summed E-state index contributed by atoms with van der Waals surface area (Å²) in [6, 6.07) is 0.204. The number of nitrogens with zero attached hydrogens (tertiary/aromatic N) is 1. The van der Waals surface area contributed by atoms with Gasteiger partial charge in [0.05, 0.1) is 5.75 Å². The molecule has 2 saturated heterocycles. The minimum absolute atomic E-state index is 0.204. The Morgan fingerprint density at radius 2 is 2.15 bits per heavy atom. The average molecular weight is 204 g/mol. The van der Waals surface area contributed by atoms with Crippen LogP contribution in [0.3, 0.4) is 0 Å². The predicted molar refractivity (Wildman–Crippen MR) is 50.9 cm³/mol. The molecule has 2 unspecified atom stereocenters. The van der Waals surface area contributed by atoms with E-state index in [2.05, 4.69) is 16.7 Å². The Morgan fingerprint density at radius 1 is 1.38 bits per heavy atom. The second kappa shape index (κ2) is 3.22. The van der Waals surface area contributed by atoms with Gasteiger partial charge in [-0.15, -0.1) is 0 Å². The summed E-state index contributed by atoms with van der Waals surface area (Å²) in [5.74, 6) is 0.837. The molecule has 2 fully saturated rings. The standard InChI is InChI=1S/C8H16N2O2S/c1-10-4-2-8-7(6-10)3-5-13(11,12)9-8/h7-9H,2-6H2,1H3. The van der Waals surface area contributed by atoms with Crippen LogP contribution in [0.2, 0.25) is 0 Å². The van der Waals surface area contributed by atoms with Crippen molar-refractivity contribution >= 4 is 10.0 Å². The molecule has 5 heteroatoms. The fourth-order valence-electron chi connectivity index (χ4n) is 2.26. The average Bonchev–Trinajstić information content (AvgIpc) is 2.05. The third-order valence-corrected chi connectivity index (χ3v) is 4.46. The lowest BCUT2D eigenvalue weighted by atomic mass is 9.91. The fourth-order valence-corrected chi connectivity index (χ4v) is 3.76. The Balaban J connectivity index is 2.06. The SMILES string of the molecule is CN1CCC2NS(=O)(=O)CCC2C1. The number of rotatable bonds is 0. The quantitative estimate of drug-likeness (QED) is 0.586.